The molecule has 37 heavy (non-hydrogen) atoms. The topological polar surface area (TPSA) is 97.8 Å². The number of nitrogens with one attached hydrogen (secondary N) is 1. The van der Waals surface area contributed by atoms with E-state index >= 15 is 0 Å². The van der Waals surface area contributed by atoms with Crippen LogP contribution in [0.15, 0.2) is 97.3 Å². The highest BCUT2D eigenvalue weighted by Gasteiger charge is 2.29. The maximum atomic E-state index is 12.6. The molecule has 5 rings (SSSR count). The molecule has 7 heteroatoms. The minimum atomic E-state index is -1.15. The first-order valence-electron chi connectivity index (χ1n) is 12.0. The summed E-state index contributed by atoms with van der Waals surface area (Å²) in [7, 11) is 0. The summed E-state index contributed by atoms with van der Waals surface area (Å²) in [6, 6.07) is 25.8. The SMILES string of the molecule is O=C(NC(Cc1cccc(OCc2cccnc2)c1)C(=O)O)OCC1c2ccccc2-c2ccccc21. The van der Waals surface area contributed by atoms with Gasteiger partial charge in [0, 0.05) is 30.3 Å². The Morgan fingerprint density at radius 1 is 0.892 bits per heavy atom. The van der Waals surface area contributed by atoms with Gasteiger partial charge in [-0.1, -0.05) is 66.7 Å². The van der Waals surface area contributed by atoms with Crippen molar-refractivity contribution in [2.75, 3.05) is 6.61 Å². The van der Waals surface area contributed by atoms with Crippen LogP contribution in [-0.4, -0.2) is 34.8 Å². The number of carboxylic acid groups (broad SMARTS) is 1. The van der Waals surface area contributed by atoms with Crippen molar-refractivity contribution >= 4 is 12.1 Å². The number of pyridine rings is 1. The molecular formula is C30H26N2O5. The average Bonchev–Trinajstić information content (AvgIpc) is 3.25. The maximum Gasteiger partial charge on any atom is 0.407 e. The molecule has 1 unspecified atom stereocenters. The number of aliphatic carboxylic acids is 1. The third-order valence-electron chi connectivity index (χ3n) is 6.40. The maximum absolute atomic E-state index is 12.6. The molecule has 0 radical (unpaired) electrons. The number of benzene rings is 3. The third kappa shape index (κ3) is 5.62. The van der Waals surface area contributed by atoms with Gasteiger partial charge < -0.3 is 19.9 Å². The second-order valence-electron chi connectivity index (χ2n) is 8.86. The van der Waals surface area contributed by atoms with Crippen LogP contribution < -0.4 is 10.1 Å². The van der Waals surface area contributed by atoms with Crippen LogP contribution in [-0.2, 0) is 22.6 Å². The molecule has 186 valence electrons. The van der Waals surface area contributed by atoms with Gasteiger partial charge in [-0.25, -0.2) is 9.59 Å². The summed E-state index contributed by atoms with van der Waals surface area (Å²) in [6.07, 6.45) is 2.74. The molecule has 1 aliphatic carbocycles. The van der Waals surface area contributed by atoms with E-state index in [0.717, 1.165) is 33.4 Å². The van der Waals surface area contributed by atoms with Gasteiger partial charge in [-0.05, 0) is 46.0 Å². The second-order valence-corrected chi connectivity index (χ2v) is 8.86. The molecule has 0 saturated heterocycles. The number of carbonyl (C=O) groups is 2. The molecule has 1 heterocycles. The van der Waals surface area contributed by atoms with Crippen molar-refractivity contribution in [2.45, 2.75) is 25.0 Å². The first kappa shape index (κ1) is 24.1. The molecule has 1 amide bonds. The molecular weight excluding hydrogens is 468 g/mol. The summed E-state index contributed by atoms with van der Waals surface area (Å²) in [5, 5.41) is 12.2. The molecule has 0 aliphatic heterocycles. The van der Waals surface area contributed by atoms with E-state index < -0.39 is 18.1 Å². The van der Waals surface area contributed by atoms with Crippen molar-refractivity contribution in [1.29, 1.82) is 0 Å². The van der Waals surface area contributed by atoms with Gasteiger partial charge >= 0.3 is 12.1 Å². The standard InChI is InChI=1S/C30H26N2O5/c33-29(34)28(16-20-7-5-9-22(15-20)36-18-21-8-6-14-31-17-21)32-30(35)37-19-27-25-12-3-1-10-23(25)24-11-2-4-13-26(24)27/h1-15,17,27-28H,16,18-19H2,(H,32,35)(H,33,34). The van der Waals surface area contributed by atoms with Gasteiger partial charge in [0.25, 0.3) is 0 Å². The summed E-state index contributed by atoms with van der Waals surface area (Å²) < 4.78 is 11.3. The van der Waals surface area contributed by atoms with E-state index in [1.807, 2.05) is 48.5 Å². The molecule has 1 aliphatic rings. The Morgan fingerprint density at radius 3 is 2.27 bits per heavy atom. The monoisotopic (exact) mass is 494 g/mol. The van der Waals surface area contributed by atoms with Crippen molar-refractivity contribution < 1.29 is 24.2 Å². The smallest absolute Gasteiger partial charge is 0.407 e. The average molecular weight is 495 g/mol. The number of nitrogens with zero attached hydrogens (tertiary/aromatic N) is 1. The van der Waals surface area contributed by atoms with E-state index in [4.69, 9.17) is 9.47 Å². The highest BCUT2D eigenvalue weighted by molar-refractivity contribution is 5.81. The second kappa shape index (κ2) is 11.0. The van der Waals surface area contributed by atoms with Gasteiger partial charge in [0.1, 0.15) is 25.0 Å². The fraction of sp³-hybridized carbons (Fsp3) is 0.167. The lowest BCUT2D eigenvalue weighted by Gasteiger charge is -2.18. The van der Waals surface area contributed by atoms with Gasteiger partial charge in [-0.2, -0.15) is 0 Å². The quantitative estimate of drug-likeness (QED) is 0.332. The molecule has 0 bridgehead atoms. The zero-order chi connectivity index (χ0) is 25.6. The Balaban J connectivity index is 1.20. The Kier molecular flexibility index (Phi) is 7.12. The van der Waals surface area contributed by atoms with E-state index in [2.05, 4.69) is 22.4 Å². The number of alkyl carbamates (subject to hydrolysis) is 1. The van der Waals surface area contributed by atoms with E-state index in [1.165, 1.54) is 0 Å². The van der Waals surface area contributed by atoms with Crippen LogP contribution >= 0.6 is 0 Å². The van der Waals surface area contributed by atoms with Gasteiger partial charge in [0.05, 0.1) is 0 Å². The fourth-order valence-electron chi connectivity index (χ4n) is 4.63. The Morgan fingerprint density at radius 2 is 1.59 bits per heavy atom. The van der Waals surface area contributed by atoms with Crippen LogP contribution in [0.25, 0.3) is 11.1 Å². The predicted molar refractivity (Wildman–Crippen MR) is 138 cm³/mol. The number of rotatable bonds is 9. The van der Waals surface area contributed by atoms with Crippen LogP contribution in [0, 0.1) is 0 Å². The summed E-state index contributed by atoms with van der Waals surface area (Å²) in [4.78, 5) is 28.6. The summed E-state index contributed by atoms with van der Waals surface area (Å²) in [5.41, 5.74) is 6.08. The summed E-state index contributed by atoms with van der Waals surface area (Å²) in [5.74, 6) is -0.642. The number of ether oxygens (including phenoxy) is 2. The van der Waals surface area contributed by atoms with E-state index in [1.54, 1.807) is 36.7 Å². The normalized spacial score (nSPS) is 12.8. The van der Waals surface area contributed by atoms with Crippen molar-refractivity contribution in [2.24, 2.45) is 0 Å². The largest absolute Gasteiger partial charge is 0.489 e. The summed E-state index contributed by atoms with van der Waals surface area (Å²) in [6.45, 7) is 0.460. The molecule has 7 nitrogen and oxygen atoms in total. The Hall–Kier alpha value is -4.65. The number of hydrogen-bond donors (Lipinski definition) is 2. The molecule has 3 aromatic carbocycles. The first-order chi connectivity index (χ1) is 18.1. The van der Waals surface area contributed by atoms with Crippen LogP contribution in [0.4, 0.5) is 4.79 Å². The number of carboxylic acids is 1. The van der Waals surface area contributed by atoms with Crippen molar-refractivity contribution in [1.82, 2.24) is 10.3 Å². The van der Waals surface area contributed by atoms with Crippen molar-refractivity contribution in [3.8, 4) is 16.9 Å². The zero-order valence-corrected chi connectivity index (χ0v) is 20.0. The molecule has 0 saturated carbocycles. The van der Waals surface area contributed by atoms with Crippen molar-refractivity contribution in [3.63, 3.8) is 0 Å². The van der Waals surface area contributed by atoms with Gasteiger partial charge in [-0.15, -0.1) is 0 Å². The van der Waals surface area contributed by atoms with Gasteiger partial charge in [-0.3, -0.25) is 4.98 Å². The van der Waals surface area contributed by atoms with Gasteiger partial charge in [0.15, 0.2) is 0 Å². The van der Waals surface area contributed by atoms with Crippen LogP contribution in [0.2, 0.25) is 0 Å². The minimum Gasteiger partial charge on any atom is -0.489 e. The van der Waals surface area contributed by atoms with E-state index in [0.29, 0.717) is 12.4 Å². The van der Waals surface area contributed by atoms with E-state index in [-0.39, 0.29) is 18.9 Å². The fourth-order valence-corrected chi connectivity index (χ4v) is 4.63. The third-order valence-corrected chi connectivity index (χ3v) is 6.40. The number of carbonyl (C=O) groups excluding carboxylic acids is 1. The lowest BCUT2D eigenvalue weighted by molar-refractivity contribution is -0.139. The predicted octanol–water partition coefficient (Wildman–Crippen LogP) is 5.20. The molecule has 2 N–H and O–H groups in total. The lowest BCUT2D eigenvalue weighted by atomic mass is 9.98. The lowest BCUT2D eigenvalue weighted by Crippen LogP contribution is -2.42. The Labute approximate surface area is 214 Å². The molecule has 1 atom stereocenters. The number of amides is 1. The first-order valence-corrected chi connectivity index (χ1v) is 12.0. The number of hydrogen-bond acceptors (Lipinski definition) is 5. The van der Waals surface area contributed by atoms with Crippen LogP contribution in [0.5, 0.6) is 5.75 Å². The number of fused-ring (bicyclic) bond motifs is 3. The molecule has 0 fully saturated rings. The molecule has 0 spiro atoms. The van der Waals surface area contributed by atoms with Gasteiger partial charge in [0.2, 0.25) is 0 Å². The zero-order valence-electron chi connectivity index (χ0n) is 20.0. The highest BCUT2D eigenvalue weighted by Crippen LogP contribution is 2.44. The van der Waals surface area contributed by atoms with Crippen molar-refractivity contribution in [3.05, 3.63) is 120 Å². The Bertz CT molecular complexity index is 1360. The molecule has 4 aromatic rings. The number of aromatic nitrogens is 1. The molecule has 1 aromatic heterocycles. The summed E-state index contributed by atoms with van der Waals surface area (Å²) >= 11 is 0. The highest BCUT2D eigenvalue weighted by atomic mass is 16.5. The van der Waals surface area contributed by atoms with Crippen LogP contribution in [0.1, 0.15) is 28.2 Å². The van der Waals surface area contributed by atoms with E-state index in [9.17, 15) is 14.7 Å². The minimum absolute atomic E-state index is 0.0869. The van der Waals surface area contributed by atoms with Crippen LogP contribution in [0.3, 0.4) is 0 Å².